The summed E-state index contributed by atoms with van der Waals surface area (Å²) < 4.78 is 22.3. The van der Waals surface area contributed by atoms with Crippen LogP contribution in [0.1, 0.15) is 91.4 Å². The topological polar surface area (TPSA) is 120 Å². The Kier molecular flexibility index (Phi) is 13.4. The Morgan fingerprint density at radius 3 is 2.55 bits per heavy atom. The number of nitrogens with zero attached hydrogens (tertiary/aromatic N) is 1. The minimum atomic E-state index is -0.646. The summed E-state index contributed by atoms with van der Waals surface area (Å²) in [5.41, 5.74) is 3.97. The first-order valence-corrected chi connectivity index (χ1v) is 16.6. The second-order valence-corrected chi connectivity index (χ2v) is 12.3. The van der Waals surface area contributed by atoms with Crippen LogP contribution in [0.4, 0.5) is 0 Å². The molecule has 254 valence electrons. The summed E-state index contributed by atoms with van der Waals surface area (Å²) in [5.74, 6) is -0.370. The van der Waals surface area contributed by atoms with Gasteiger partial charge in [-0.2, -0.15) is 0 Å². The van der Waals surface area contributed by atoms with E-state index >= 15 is 0 Å². The molecule has 47 heavy (non-hydrogen) atoms. The highest BCUT2D eigenvalue weighted by molar-refractivity contribution is 5.99. The number of cyclic esters (lactones) is 1. The molecule has 10 nitrogen and oxygen atoms in total. The molecule has 0 saturated carbocycles. The number of rotatable bonds is 17. The predicted molar refractivity (Wildman–Crippen MR) is 177 cm³/mol. The number of methoxy groups -OCH3 is 1. The van der Waals surface area contributed by atoms with Gasteiger partial charge in [0.15, 0.2) is 5.75 Å². The lowest BCUT2D eigenvalue weighted by molar-refractivity contribution is -0.143. The normalized spacial score (nSPS) is 16.0. The molecule has 2 heterocycles. The van der Waals surface area contributed by atoms with Crippen molar-refractivity contribution < 1.29 is 38.1 Å². The van der Waals surface area contributed by atoms with E-state index in [1.807, 2.05) is 50.3 Å². The van der Waals surface area contributed by atoms with Gasteiger partial charge in [-0.1, -0.05) is 55.3 Å². The molecule has 0 spiro atoms. The quantitative estimate of drug-likeness (QED) is 0.101. The van der Waals surface area contributed by atoms with E-state index in [9.17, 15) is 19.2 Å². The largest absolute Gasteiger partial charge is 0.496 e. The van der Waals surface area contributed by atoms with Crippen molar-refractivity contribution in [2.24, 2.45) is 5.92 Å². The van der Waals surface area contributed by atoms with Crippen molar-refractivity contribution in [2.45, 2.75) is 85.3 Å². The minimum absolute atomic E-state index is 0.0529. The van der Waals surface area contributed by atoms with E-state index in [2.05, 4.69) is 17.1 Å². The van der Waals surface area contributed by atoms with E-state index in [1.165, 1.54) is 20.0 Å². The third-order valence-electron chi connectivity index (χ3n) is 8.94. The minimum Gasteiger partial charge on any atom is -0.496 e. The summed E-state index contributed by atoms with van der Waals surface area (Å²) in [5, 5.41) is 2.80. The van der Waals surface area contributed by atoms with Gasteiger partial charge in [-0.05, 0) is 63.1 Å². The average Bonchev–Trinajstić information content (AvgIpc) is 3.71. The molecule has 1 saturated heterocycles. The van der Waals surface area contributed by atoms with Crippen LogP contribution in [0, 0.1) is 12.8 Å². The third kappa shape index (κ3) is 10.2. The van der Waals surface area contributed by atoms with Gasteiger partial charge in [0.1, 0.15) is 17.9 Å². The maximum atomic E-state index is 13.0. The summed E-state index contributed by atoms with van der Waals surface area (Å²) in [6.07, 6.45) is 6.04. The predicted octanol–water partition coefficient (Wildman–Crippen LogP) is 5.61. The van der Waals surface area contributed by atoms with Crippen molar-refractivity contribution in [3.63, 3.8) is 0 Å². The first-order chi connectivity index (χ1) is 22.7. The fourth-order valence-corrected chi connectivity index (χ4v) is 6.06. The van der Waals surface area contributed by atoms with Crippen LogP contribution in [0.2, 0.25) is 0 Å². The molecule has 1 atom stereocenters. The number of fused-ring (bicyclic) bond motifs is 1. The Morgan fingerprint density at radius 2 is 1.83 bits per heavy atom. The van der Waals surface area contributed by atoms with E-state index < -0.39 is 11.9 Å². The zero-order chi connectivity index (χ0) is 33.8. The number of amides is 1. The van der Waals surface area contributed by atoms with Gasteiger partial charge in [0.2, 0.25) is 5.91 Å². The van der Waals surface area contributed by atoms with Crippen LogP contribution in [0.15, 0.2) is 42.0 Å². The zero-order valence-corrected chi connectivity index (χ0v) is 28.2. The molecule has 0 radical (unpaired) electrons. The first kappa shape index (κ1) is 35.7. The molecule has 4 rings (SSSR count). The van der Waals surface area contributed by atoms with Crippen molar-refractivity contribution in [2.75, 3.05) is 33.4 Å². The van der Waals surface area contributed by atoms with Gasteiger partial charge in [-0.15, -0.1) is 0 Å². The van der Waals surface area contributed by atoms with E-state index in [-0.39, 0.29) is 49.1 Å². The lowest BCUT2D eigenvalue weighted by Gasteiger charge is -2.19. The van der Waals surface area contributed by atoms with Crippen molar-refractivity contribution >= 4 is 23.8 Å². The number of esters is 3. The number of likely N-dealkylation sites (tertiary alicyclic amines) is 1. The highest BCUT2D eigenvalue weighted by atomic mass is 16.6. The van der Waals surface area contributed by atoms with Crippen LogP contribution in [0.25, 0.3) is 0 Å². The molecule has 1 unspecified atom stereocenters. The monoisotopic (exact) mass is 648 g/mol. The fourth-order valence-electron chi connectivity index (χ4n) is 6.06. The highest BCUT2D eigenvalue weighted by Gasteiger charge is 2.34. The van der Waals surface area contributed by atoms with Crippen LogP contribution >= 0.6 is 0 Å². The smallest absolute Gasteiger partial charge is 0.342 e. The maximum absolute atomic E-state index is 13.0. The fraction of sp³-hybridized carbons (Fsp3) is 0.514. The molecule has 0 aromatic heterocycles. The van der Waals surface area contributed by atoms with E-state index in [0.29, 0.717) is 42.9 Å². The Balaban J connectivity index is 1.34. The van der Waals surface area contributed by atoms with Gasteiger partial charge in [-0.3, -0.25) is 14.4 Å². The summed E-state index contributed by atoms with van der Waals surface area (Å²) >= 11 is 0. The third-order valence-corrected chi connectivity index (χ3v) is 8.94. The lowest BCUT2D eigenvalue weighted by Crippen LogP contribution is -2.24. The maximum Gasteiger partial charge on any atom is 0.342 e. The Labute approximate surface area is 277 Å². The van der Waals surface area contributed by atoms with Crippen molar-refractivity contribution in [3.05, 3.63) is 69.8 Å². The lowest BCUT2D eigenvalue weighted by atomic mass is 9.94. The molecule has 0 aliphatic carbocycles. The molecule has 10 heteroatoms. The van der Waals surface area contributed by atoms with E-state index in [0.717, 1.165) is 48.7 Å². The number of hydrogen-bond acceptors (Lipinski definition) is 9. The average molecular weight is 649 g/mol. The van der Waals surface area contributed by atoms with Crippen molar-refractivity contribution in [3.8, 4) is 11.5 Å². The van der Waals surface area contributed by atoms with Gasteiger partial charge in [0.25, 0.3) is 0 Å². The second-order valence-electron chi connectivity index (χ2n) is 12.3. The van der Waals surface area contributed by atoms with E-state index in [4.69, 9.17) is 18.9 Å². The van der Waals surface area contributed by atoms with Crippen LogP contribution in [0.5, 0.6) is 11.5 Å². The molecular formula is C37H48N2O8. The van der Waals surface area contributed by atoms with Crippen LogP contribution < -0.4 is 14.8 Å². The first-order valence-electron chi connectivity index (χ1n) is 16.6. The van der Waals surface area contributed by atoms with Crippen molar-refractivity contribution in [1.82, 2.24) is 10.2 Å². The Morgan fingerprint density at radius 1 is 1.06 bits per heavy atom. The molecule has 2 aliphatic heterocycles. The SMILES string of the molecule is CCC1CCN(CCCOC(=O)CCC(C)=CCc2c(OC)c(C)c3c(c2OC(=O)CCC(=O)NCc2ccccc2)C(=O)OC3)C1. The number of benzene rings is 2. The Bertz CT molecular complexity index is 1450. The number of carbonyl (C=O) groups excluding carboxylic acids is 4. The Hall–Kier alpha value is -4.18. The molecular weight excluding hydrogens is 600 g/mol. The van der Waals surface area contributed by atoms with Gasteiger partial charge < -0.3 is 29.2 Å². The van der Waals surface area contributed by atoms with Gasteiger partial charge in [0, 0.05) is 43.6 Å². The number of carbonyl (C=O) groups is 4. The number of ether oxygens (including phenoxy) is 4. The molecule has 1 amide bonds. The summed E-state index contributed by atoms with van der Waals surface area (Å²) in [7, 11) is 1.52. The highest BCUT2D eigenvalue weighted by Crippen LogP contribution is 2.43. The van der Waals surface area contributed by atoms with Gasteiger partial charge >= 0.3 is 17.9 Å². The molecule has 0 bridgehead atoms. The summed E-state index contributed by atoms with van der Waals surface area (Å²) in [6.45, 7) is 10.0. The molecule has 2 aromatic rings. The summed E-state index contributed by atoms with van der Waals surface area (Å²) in [6, 6.07) is 9.48. The molecule has 2 aliphatic rings. The number of nitrogens with one attached hydrogen (secondary N) is 1. The zero-order valence-electron chi connectivity index (χ0n) is 28.2. The molecule has 2 aromatic carbocycles. The van der Waals surface area contributed by atoms with Crippen LogP contribution in [-0.2, 0) is 43.4 Å². The molecule has 1 N–H and O–H groups in total. The van der Waals surface area contributed by atoms with Gasteiger partial charge in [-0.25, -0.2) is 4.79 Å². The number of allylic oxidation sites excluding steroid dienone is 2. The standard InChI is InChI=1S/C37H48N2O8/c1-5-27-18-20-39(23-27)19-9-21-45-32(41)16-13-25(2)12-14-29-35(44-4)26(3)30-24-46-37(43)34(30)36(29)47-33(42)17-15-31(40)38-22-28-10-7-6-8-11-28/h6-8,10-12,27H,5,9,13-24H2,1-4H3,(H,38,40). The number of hydrogen-bond donors (Lipinski definition) is 1. The van der Waals surface area contributed by atoms with Crippen LogP contribution in [-0.4, -0.2) is 62.1 Å². The second kappa shape index (κ2) is 17.7. The van der Waals surface area contributed by atoms with Gasteiger partial charge in [0.05, 0.1) is 20.1 Å². The van der Waals surface area contributed by atoms with Crippen molar-refractivity contribution in [1.29, 1.82) is 0 Å². The molecule has 1 fully saturated rings. The summed E-state index contributed by atoms with van der Waals surface area (Å²) in [4.78, 5) is 53.0. The van der Waals surface area contributed by atoms with E-state index in [1.54, 1.807) is 0 Å². The van der Waals surface area contributed by atoms with Crippen LogP contribution in [0.3, 0.4) is 0 Å².